The van der Waals surface area contributed by atoms with Crippen molar-refractivity contribution in [1.82, 2.24) is 0 Å². The minimum Gasteiger partial charge on any atom is -0.490 e. The van der Waals surface area contributed by atoms with E-state index in [1.54, 1.807) is 30.3 Å². The lowest BCUT2D eigenvalue weighted by Crippen LogP contribution is -2.14. The molecule has 0 heterocycles. The molecule has 0 saturated heterocycles. The van der Waals surface area contributed by atoms with Gasteiger partial charge in [0.1, 0.15) is 30.3 Å². The molecule has 0 saturated carbocycles. The summed E-state index contributed by atoms with van der Waals surface area (Å²) in [5.41, 5.74) is 0.227. The number of ether oxygens (including phenoxy) is 2. The minimum absolute atomic E-state index is 0.00455. The van der Waals surface area contributed by atoms with Gasteiger partial charge in [0.15, 0.2) is 0 Å². The van der Waals surface area contributed by atoms with E-state index in [4.69, 9.17) is 9.47 Å². The zero-order chi connectivity index (χ0) is 19.8. The van der Waals surface area contributed by atoms with Crippen LogP contribution in [0.1, 0.15) is 10.4 Å². The summed E-state index contributed by atoms with van der Waals surface area (Å²) in [6, 6.07) is 22.0. The molecule has 28 heavy (non-hydrogen) atoms. The third-order valence-corrected chi connectivity index (χ3v) is 3.80. The summed E-state index contributed by atoms with van der Waals surface area (Å²) in [6.07, 6.45) is 0. The van der Waals surface area contributed by atoms with E-state index in [1.807, 2.05) is 30.3 Å². The van der Waals surface area contributed by atoms with E-state index >= 15 is 0 Å². The molecule has 0 bridgehead atoms. The van der Waals surface area contributed by atoms with Crippen molar-refractivity contribution in [3.8, 4) is 11.5 Å². The highest BCUT2D eigenvalue weighted by Gasteiger charge is 2.19. The lowest BCUT2D eigenvalue weighted by atomic mass is 10.1. The molecule has 0 unspecified atom stereocenters. The molecule has 7 nitrogen and oxygen atoms in total. The Kier molecular flexibility index (Phi) is 6.20. The van der Waals surface area contributed by atoms with Gasteiger partial charge in [-0.2, -0.15) is 0 Å². The predicted octanol–water partition coefficient (Wildman–Crippen LogP) is 4.30. The number of nitro benzene ring substituents is 1. The first-order valence-electron chi connectivity index (χ1n) is 8.59. The fourth-order valence-corrected chi connectivity index (χ4v) is 2.52. The maximum absolute atomic E-state index is 12.4. The molecule has 142 valence electrons. The summed E-state index contributed by atoms with van der Waals surface area (Å²) in [4.78, 5) is 22.9. The van der Waals surface area contributed by atoms with E-state index in [-0.39, 0.29) is 11.3 Å². The van der Waals surface area contributed by atoms with Gasteiger partial charge in [-0.15, -0.1) is 0 Å². The van der Waals surface area contributed by atoms with Crippen LogP contribution < -0.4 is 14.8 Å². The van der Waals surface area contributed by atoms with Crippen molar-refractivity contribution in [2.45, 2.75) is 0 Å². The van der Waals surface area contributed by atoms with Crippen LogP contribution in [0.15, 0.2) is 78.9 Å². The van der Waals surface area contributed by atoms with Crippen LogP contribution in [0.3, 0.4) is 0 Å². The summed E-state index contributed by atoms with van der Waals surface area (Å²) in [5.74, 6) is 0.755. The van der Waals surface area contributed by atoms with E-state index in [2.05, 4.69) is 5.32 Å². The minimum atomic E-state index is -0.582. The maximum atomic E-state index is 12.4. The topological polar surface area (TPSA) is 90.7 Å². The van der Waals surface area contributed by atoms with Crippen molar-refractivity contribution in [2.24, 2.45) is 0 Å². The van der Waals surface area contributed by atoms with Crippen LogP contribution in [-0.4, -0.2) is 24.0 Å². The van der Waals surface area contributed by atoms with Gasteiger partial charge < -0.3 is 14.8 Å². The summed E-state index contributed by atoms with van der Waals surface area (Å²) < 4.78 is 11.2. The maximum Gasteiger partial charge on any atom is 0.282 e. The summed E-state index contributed by atoms with van der Waals surface area (Å²) in [6.45, 7) is 0.702. The Hall–Kier alpha value is -3.87. The SMILES string of the molecule is O=C(Nc1cccc(OCCOc2ccccc2)c1)c1ccccc1[N+](=O)[O-]. The average Bonchev–Trinajstić information content (AvgIpc) is 2.72. The summed E-state index contributed by atoms with van der Waals surface area (Å²) in [5, 5.41) is 13.7. The number of benzene rings is 3. The van der Waals surface area contributed by atoms with Crippen molar-refractivity contribution in [3.63, 3.8) is 0 Å². The molecule has 3 rings (SSSR count). The number of nitro groups is 1. The molecule has 1 N–H and O–H groups in total. The molecule has 0 fully saturated rings. The standard InChI is InChI=1S/C21H18N2O5/c24-21(19-11-4-5-12-20(19)23(25)26)22-16-7-6-10-18(15-16)28-14-13-27-17-8-2-1-3-9-17/h1-12,15H,13-14H2,(H,22,24). The highest BCUT2D eigenvalue weighted by molar-refractivity contribution is 6.07. The van der Waals surface area contributed by atoms with Gasteiger partial charge in [-0.05, 0) is 30.3 Å². The van der Waals surface area contributed by atoms with E-state index in [1.165, 1.54) is 18.2 Å². The molecule has 3 aromatic rings. The molecular weight excluding hydrogens is 360 g/mol. The van der Waals surface area contributed by atoms with Crippen LogP contribution in [-0.2, 0) is 0 Å². The van der Waals surface area contributed by atoms with Crippen molar-refractivity contribution in [3.05, 3.63) is 94.5 Å². The molecule has 0 aliphatic rings. The molecule has 7 heteroatoms. The van der Waals surface area contributed by atoms with Crippen LogP contribution in [0.4, 0.5) is 11.4 Å². The molecule has 0 aromatic heterocycles. The first-order chi connectivity index (χ1) is 13.6. The van der Waals surface area contributed by atoms with Gasteiger partial charge in [0.2, 0.25) is 0 Å². The number of anilines is 1. The van der Waals surface area contributed by atoms with E-state index in [9.17, 15) is 14.9 Å². The van der Waals surface area contributed by atoms with Crippen LogP contribution in [0.2, 0.25) is 0 Å². The van der Waals surface area contributed by atoms with Gasteiger partial charge >= 0.3 is 0 Å². The fourth-order valence-electron chi connectivity index (χ4n) is 2.52. The molecule has 0 aliphatic carbocycles. The third-order valence-electron chi connectivity index (χ3n) is 3.80. The zero-order valence-electron chi connectivity index (χ0n) is 14.9. The van der Waals surface area contributed by atoms with Crippen LogP contribution in [0.25, 0.3) is 0 Å². The lowest BCUT2D eigenvalue weighted by Gasteiger charge is -2.10. The molecule has 3 aromatic carbocycles. The Labute approximate surface area is 161 Å². The summed E-state index contributed by atoms with van der Waals surface area (Å²) in [7, 11) is 0. The highest BCUT2D eigenvalue weighted by Crippen LogP contribution is 2.22. The van der Waals surface area contributed by atoms with E-state index in [0.29, 0.717) is 24.7 Å². The number of nitrogens with zero attached hydrogens (tertiary/aromatic N) is 1. The van der Waals surface area contributed by atoms with Gasteiger partial charge in [-0.3, -0.25) is 14.9 Å². The van der Waals surface area contributed by atoms with Gasteiger partial charge in [-0.25, -0.2) is 0 Å². The fraction of sp³-hybridized carbons (Fsp3) is 0.0952. The number of para-hydroxylation sites is 2. The molecular formula is C21H18N2O5. The van der Waals surface area contributed by atoms with Gasteiger partial charge in [0.25, 0.3) is 11.6 Å². The monoisotopic (exact) mass is 378 g/mol. The number of nitrogens with one attached hydrogen (secondary N) is 1. The van der Waals surface area contributed by atoms with Gasteiger partial charge in [0.05, 0.1) is 4.92 Å². The Morgan fingerprint density at radius 2 is 1.50 bits per heavy atom. The molecule has 0 aliphatic heterocycles. The number of hydrogen-bond acceptors (Lipinski definition) is 5. The summed E-state index contributed by atoms with van der Waals surface area (Å²) >= 11 is 0. The quantitative estimate of drug-likeness (QED) is 0.358. The smallest absolute Gasteiger partial charge is 0.282 e. The predicted molar refractivity (Wildman–Crippen MR) is 105 cm³/mol. The van der Waals surface area contributed by atoms with Crippen molar-refractivity contribution in [2.75, 3.05) is 18.5 Å². The second-order valence-electron chi connectivity index (χ2n) is 5.77. The average molecular weight is 378 g/mol. The number of carbonyl (C=O) groups excluding carboxylic acids is 1. The van der Waals surface area contributed by atoms with Crippen molar-refractivity contribution in [1.29, 1.82) is 0 Å². The van der Waals surface area contributed by atoms with Crippen molar-refractivity contribution >= 4 is 17.3 Å². The van der Waals surface area contributed by atoms with E-state index < -0.39 is 10.8 Å². The Morgan fingerprint density at radius 1 is 0.857 bits per heavy atom. The van der Waals surface area contributed by atoms with Gasteiger partial charge in [-0.1, -0.05) is 36.4 Å². The molecule has 0 radical (unpaired) electrons. The number of carbonyl (C=O) groups is 1. The lowest BCUT2D eigenvalue weighted by molar-refractivity contribution is -0.385. The van der Waals surface area contributed by atoms with Gasteiger partial charge in [0, 0.05) is 17.8 Å². The second kappa shape index (κ2) is 9.18. The van der Waals surface area contributed by atoms with Crippen molar-refractivity contribution < 1.29 is 19.2 Å². The third kappa shape index (κ3) is 5.07. The highest BCUT2D eigenvalue weighted by atomic mass is 16.6. The van der Waals surface area contributed by atoms with Crippen LogP contribution >= 0.6 is 0 Å². The van der Waals surface area contributed by atoms with Crippen LogP contribution in [0, 0.1) is 10.1 Å². The largest absolute Gasteiger partial charge is 0.490 e. The van der Waals surface area contributed by atoms with Crippen LogP contribution in [0.5, 0.6) is 11.5 Å². The molecule has 0 atom stereocenters. The van der Waals surface area contributed by atoms with E-state index in [0.717, 1.165) is 5.75 Å². The number of amides is 1. The number of rotatable bonds is 8. The zero-order valence-corrected chi connectivity index (χ0v) is 14.9. The first kappa shape index (κ1) is 18.9. The Morgan fingerprint density at radius 3 is 2.25 bits per heavy atom. The first-order valence-corrected chi connectivity index (χ1v) is 8.59. The Bertz CT molecular complexity index is 960. The molecule has 1 amide bonds. The normalized spacial score (nSPS) is 10.1. The number of hydrogen-bond donors (Lipinski definition) is 1. The molecule has 0 spiro atoms. The Balaban J connectivity index is 1.57. The second-order valence-corrected chi connectivity index (χ2v) is 5.77.